The number of benzene rings is 4. The van der Waals surface area contributed by atoms with E-state index in [0.717, 1.165) is 41.2 Å². The van der Waals surface area contributed by atoms with Crippen molar-refractivity contribution in [1.82, 2.24) is 9.80 Å². The highest BCUT2D eigenvalue weighted by molar-refractivity contribution is 6.01. The molecule has 0 spiro atoms. The molecule has 4 aromatic carbocycles. The van der Waals surface area contributed by atoms with E-state index in [0.29, 0.717) is 50.1 Å². The zero-order valence-corrected chi connectivity index (χ0v) is 29.8. The number of likely N-dealkylation sites (tertiary alicyclic amines) is 1. The van der Waals surface area contributed by atoms with E-state index < -0.39 is 29.6 Å². The van der Waals surface area contributed by atoms with Crippen molar-refractivity contribution in [2.45, 2.75) is 71.9 Å². The van der Waals surface area contributed by atoms with Crippen molar-refractivity contribution in [2.24, 2.45) is 11.8 Å². The van der Waals surface area contributed by atoms with Crippen LogP contribution in [0.1, 0.15) is 83.4 Å². The number of hydrogen-bond acceptors (Lipinski definition) is 4. The van der Waals surface area contributed by atoms with Crippen LogP contribution in [-0.2, 0) is 17.8 Å². The minimum atomic E-state index is -1.25. The average molecular weight is 695 g/mol. The molecule has 1 saturated heterocycles. The van der Waals surface area contributed by atoms with Crippen LogP contribution in [0, 0.1) is 30.4 Å². The second-order valence-corrected chi connectivity index (χ2v) is 13.8. The van der Waals surface area contributed by atoms with Gasteiger partial charge in [0.1, 0.15) is 11.6 Å². The lowest BCUT2D eigenvalue weighted by molar-refractivity contribution is -0.145. The number of aryl methyl sites for hydroxylation is 1. The van der Waals surface area contributed by atoms with Gasteiger partial charge in [0.05, 0.1) is 12.0 Å². The Balaban J connectivity index is 1.39. The molecular weight excluding hydrogens is 646 g/mol. The van der Waals surface area contributed by atoms with Crippen molar-refractivity contribution < 1.29 is 28.3 Å². The van der Waals surface area contributed by atoms with Gasteiger partial charge < -0.3 is 14.9 Å². The largest absolute Gasteiger partial charge is 0.392 e. The smallest absolute Gasteiger partial charge is 0.253 e. The summed E-state index contributed by atoms with van der Waals surface area (Å²) in [6.07, 6.45) is 1.27. The molecule has 0 saturated carbocycles. The fourth-order valence-corrected chi connectivity index (χ4v) is 7.28. The number of nitrogens with zero attached hydrogens (tertiary/aromatic N) is 2. The van der Waals surface area contributed by atoms with Gasteiger partial charge in [-0.15, -0.1) is 0 Å². The molecule has 2 unspecified atom stereocenters. The molecular formula is C43H48F2N2O4. The van der Waals surface area contributed by atoms with E-state index >= 15 is 0 Å². The summed E-state index contributed by atoms with van der Waals surface area (Å²) in [7, 11) is 0. The summed E-state index contributed by atoms with van der Waals surface area (Å²) in [4.78, 5) is 44.9. The molecule has 51 heavy (non-hydrogen) atoms. The Morgan fingerprint density at radius 3 is 2.20 bits per heavy atom. The first-order valence-corrected chi connectivity index (χ1v) is 18.1. The molecule has 1 heterocycles. The van der Waals surface area contributed by atoms with Gasteiger partial charge in [0.15, 0.2) is 5.78 Å². The van der Waals surface area contributed by atoms with Crippen LogP contribution in [0.2, 0.25) is 0 Å². The van der Waals surface area contributed by atoms with Gasteiger partial charge in [-0.25, -0.2) is 8.78 Å². The van der Waals surface area contributed by atoms with Crippen molar-refractivity contribution in [2.75, 3.05) is 19.6 Å². The second kappa shape index (κ2) is 17.5. The third-order valence-electron chi connectivity index (χ3n) is 9.66. The Kier molecular flexibility index (Phi) is 12.9. The van der Waals surface area contributed by atoms with Crippen molar-refractivity contribution in [1.29, 1.82) is 0 Å². The minimum absolute atomic E-state index is 0.0110. The van der Waals surface area contributed by atoms with E-state index in [1.165, 1.54) is 12.1 Å². The normalized spacial score (nSPS) is 15.8. The third-order valence-corrected chi connectivity index (χ3v) is 9.66. The molecule has 1 aliphatic heterocycles. The van der Waals surface area contributed by atoms with Crippen LogP contribution in [0.5, 0.6) is 0 Å². The highest BCUT2D eigenvalue weighted by Crippen LogP contribution is 2.32. The van der Waals surface area contributed by atoms with Crippen molar-refractivity contribution in [3.8, 4) is 11.1 Å². The summed E-state index contributed by atoms with van der Waals surface area (Å²) in [5.74, 6) is -3.80. The van der Waals surface area contributed by atoms with Crippen LogP contribution in [0.15, 0.2) is 91.0 Å². The highest BCUT2D eigenvalue weighted by atomic mass is 19.1. The zero-order valence-electron chi connectivity index (χ0n) is 29.8. The number of aliphatic hydroxyl groups is 1. The van der Waals surface area contributed by atoms with Crippen LogP contribution in [0.25, 0.3) is 11.1 Å². The molecule has 6 nitrogen and oxygen atoms in total. The lowest BCUT2D eigenvalue weighted by Crippen LogP contribution is -2.47. The molecule has 8 heteroatoms. The van der Waals surface area contributed by atoms with Gasteiger partial charge in [-0.05, 0) is 109 Å². The highest BCUT2D eigenvalue weighted by Gasteiger charge is 2.38. The van der Waals surface area contributed by atoms with E-state index in [4.69, 9.17) is 0 Å². The van der Waals surface area contributed by atoms with Gasteiger partial charge >= 0.3 is 0 Å². The lowest BCUT2D eigenvalue weighted by atomic mass is 9.79. The Morgan fingerprint density at radius 2 is 1.51 bits per heavy atom. The molecule has 1 aliphatic rings. The molecule has 5 rings (SSSR count). The van der Waals surface area contributed by atoms with Gasteiger partial charge in [-0.1, -0.05) is 62.4 Å². The van der Waals surface area contributed by atoms with Gasteiger partial charge in [-0.2, -0.15) is 0 Å². The number of amides is 2. The van der Waals surface area contributed by atoms with E-state index in [1.54, 1.807) is 28.0 Å². The molecule has 0 bridgehead atoms. The standard InChI is InChI=1S/C43H48F2N2O4/c1-4-16-46(17-5-2)42(50)36-20-29(3)19-34(25-36)40(48)26-35(22-31-23-37(44)27-38(45)24-31)41(49)39-15-10-18-47(43(39)51)28-30-11-9-14-33(21-30)32-12-7-6-8-13-32/h6-9,11-14,19-21,23-25,27,35,39,41,49H,4-5,10,15-18,22,26,28H2,1-3H3/t35?,39?,41-/m0/s1. The number of carbonyl (C=O) groups is 3. The molecule has 268 valence electrons. The fraction of sp³-hybridized carbons (Fsp3) is 0.372. The van der Waals surface area contributed by atoms with Crippen LogP contribution < -0.4 is 0 Å². The van der Waals surface area contributed by atoms with Gasteiger partial charge in [0.25, 0.3) is 5.91 Å². The molecule has 2 amide bonds. The van der Waals surface area contributed by atoms with Crippen molar-refractivity contribution >= 4 is 17.6 Å². The molecule has 0 aliphatic carbocycles. The van der Waals surface area contributed by atoms with Crippen LogP contribution in [0.3, 0.4) is 0 Å². The van der Waals surface area contributed by atoms with Gasteiger partial charge in [0, 0.05) is 49.8 Å². The summed E-state index contributed by atoms with van der Waals surface area (Å²) >= 11 is 0. The molecule has 4 aromatic rings. The lowest BCUT2D eigenvalue weighted by Gasteiger charge is -2.37. The monoisotopic (exact) mass is 694 g/mol. The molecule has 1 fully saturated rings. The van der Waals surface area contributed by atoms with E-state index in [-0.39, 0.29) is 36.0 Å². The van der Waals surface area contributed by atoms with Gasteiger partial charge in [0.2, 0.25) is 5.91 Å². The predicted molar refractivity (Wildman–Crippen MR) is 196 cm³/mol. The van der Waals surface area contributed by atoms with E-state index in [1.807, 2.05) is 69.3 Å². The summed E-state index contributed by atoms with van der Waals surface area (Å²) in [6, 6.07) is 26.3. The summed E-state index contributed by atoms with van der Waals surface area (Å²) in [5, 5.41) is 11.9. The Bertz CT molecular complexity index is 1800. The van der Waals surface area contributed by atoms with Gasteiger partial charge in [-0.3, -0.25) is 14.4 Å². The summed E-state index contributed by atoms with van der Waals surface area (Å²) in [5.41, 5.74) is 4.85. The number of carbonyl (C=O) groups excluding carboxylic acids is 3. The molecule has 1 N–H and O–H groups in total. The fourth-order valence-electron chi connectivity index (χ4n) is 7.28. The molecule has 3 atom stereocenters. The predicted octanol–water partition coefficient (Wildman–Crippen LogP) is 8.43. The Labute approximate surface area is 300 Å². The number of aliphatic hydroxyl groups excluding tert-OH is 1. The van der Waals surface area contributed by atoms with Crippen LogP contribution in [0.4, 0.5) is 8.78 Å². The first-order chi connectivity index (χ1) is 24.6. The Morgan fingerprint density at radius 1 is 0.843 bits per heavy atom. The number of Topliss-reactive ketones (excluding diaryl/α,β-unsaturated/α-hetero) is 1. The summed E-state index contributed by atoms with van der Waals surface area (Å²) in [6.45, 7) is 7.95. The number of rotatable bonds is 15. The number of halogens is 2. The number of hydrogen-bond donors (Lipinski definition) is 1. The average Bonchev–Trinajstić information content (AvgIpc) is 3.11. The number of ketones is 1. The topological polar surface area (TPSA) is 77.9 Å². The second-order valence-electron chi connectivity index (χ2n) is 13.8. The first-order valence-electron chi connectivity index (χ1n) is 18.1. The minimum Gasteiger partial charge on any atom is -0.392 e. The van der Waals surface area contributed by atoms with Crippen LogP contribution in [-0.4, -0.2) is 58.2 Å². The quantitative estimate of drug-likeness (QED) is 0.127. The van der Waals surface area contributed by atoms with Crippen molar-refractivity contribution in [3.05, 3.63) is 130 Å². The summed E-state index contributed by atoms with van der Waals surface area (Å²) < 4.78 is 28.6. The SMILES string of the molecule is CCCN(CCC)C(=O)c1cc(C)cc(C(=O)CC(Cc2cc(F)cc(F)c2)[C@H](O)C2CCCN(Cc3cccc(-c4ccccc4)c3)C2=O)c1. The Hall–Kier alpha value is -4.69. The van der Waals surface area contributed by atoms with Crippen LogP contribution >= 0.6 is 0 Å². The molecule has 0 radical (unpaired) electrons. The number of piperidine rings is 1. The van der Waals surface area contributed by atoms with E-state index in [9.17, 15) is 28.3 Å². The third kappa shape index (κ3) is 9.76. The first kappa shape index (κ1) is 37.6. The van der Waals surface area contributed by atoms with E-state index in [2.05, 4.69) is 6.07 Å². The molecule has 0 aromatic heterocycles. The maximum atomic E-state index is 14.3. The maximum Gasteiger partial charge on any atom is 0.253 e. The maximum absolute atomic E-state index is 14.3. The zero-order chi connectivity index (χ0) is 36.5. The van der Waals surface area contributed by atoms with Crippen molar-refractivity contribution in [3.63, 3.8) is 0 Å².